The molecule has 0 saturated heterocycles. The van der Waals surface area contributed by atoms with Gasteiger partial charge in [0.2, 0.25) is 5.88 Å². The smallest absolute Gasteiger partial charge is 0.437 e. The Morgan fingerprint density at radius 3 is 2.34 bits per heavy atom. The Labute approximate surface area is 215 Å². The molecule has 202 valence electrons. The van der Waals surface area contributed by atoms with Crippen LogP contribution in [0.5, 0.6) is 11.6 Å². The summed E-state index contributed by atoms with van der Waals surface area (Å²) in [5.74, 6) is -2.33. The Hall–Kier alpha value is -4.27. The van der Waals surface area contributed by atoms with E-state index in [4.69, 9.17) is 16.3 Å². The van der Waals surface area contributed by atoms with Crippen LogP contribution in [0.4, 0.5) is 48.3 Å². The molecule has 9 nitrogen and oxygen atoms in total. The van der Waals surface area contributed by atoms with E-state index < -0.39 is 41.3 Å². The third kappa shape index (κ3) is 6.94. The maximum Gasteiger partial charge on any atom is 0.493 e. The lowest BCUT2D eigenvalue weighted by atomic mass is 10.2. The van der Waals surface area contributed by atoms with Crippen molar-refractivity contribution in [2.45, 2.75) is 19.3 Å². The summed E-state index contributed by atoms with van der Waals surface area (Å²) in [6.07, 6.45) is -9.08. The van der Waals surface area contributed by atoms with E-state index in [0.29, 0.717) is 11.9 Å². The fourth-order valence-electron chi connectivity index (χ4n) is 2.89. The molecule has 3 rings (SSSR count). The zero-order chi connectivity index (χ0) is 28.3. The van der Waals surface area contributed by atoms with Crippen molar-refractivity contribution in [3.63, 3.8) is 0 Å². The van der Waals surface area contributed by atoms with Gasteiger partial charge in [-0.25, -0.2) is 19.6 Å². The van der Waals surface area contributed by atoms with Crippen LogP contribution in [0.3, 0.4) is 0 Å². The number of anilines is 3. The zero-order valence-electron chi connectivity index (χ0n) is 19.2. The quantitative estimate of drug-likeness (QED) is 0.275. The fourth-order valence-corrected chi connectivity index (χ4v) is 3.19. The van der Waals surface area contributed by atoms with Crippen molar-refractivity contribution < 1.29 is 45.5 Å². The van der Waals surface area contributed by atoms with Crippen molar-refractivity contribution in [1.82, 2.24) is 9.97 Å². The molecular formula is C22H16ClF6N5O4. The standard InChI is InChI=1S/C22H16ClF6N5O4/c1-11-6-14(8-15(23)18(11)37-17-9-16(30-2)31-10-32-17)34(38-19(35)22(27,28)29)20(36)33-13-5-3-4-12(7-13)21(24,25)26/h3-10H,1-2H3,(H,33,36)(H,30,31,32). The molecule has 0 atom stereocenters. The largest absolute Gasteiger partial charge is 0.493 e. The van der Waals surface area contributed by atoms with E-state index in [-0.39, 0.29) is 27.3 Å². The van der Waals surface area contributed by atoms with Gasteiger partial charge in [-0.3, -0.25) is 0 Å². The van der Waals surface area contributed by atoms with E-state index in [2.05, 4.69) is 20.1 Å². The maximum atomic E-state index is 13.0. The lowest BCUT2D eigenvalue weighted by Gasteiger charge is -2.23. The van der Waals surface area contributed by atoms with Gasteiger partial charge in [-0.1, -0.05) is 17.7 Å². The number of hydrogen-bond donors (Lipinski definition) is 2. The van der Waals surface area contributed by atoms with Gasteiger partial charge < -0.3 is 20.2 Å². The Balaban J connectivity index is 1.96. The molecule has 0 unspecified atom stereocenters. The number of urea groups is 1. The summed E-state index contributed by atoms with van der Waals surface area (Å²) in [6, 6.07) is 5.20. The van der Waals surface area contributed by atoms with Crippen LogP contribution < -0.4 is 20.4 Å². The van der Waals surface area contributed by atoms with Gasteiger partial charge in [-0.15, -0.1) is 5.06 Å². The lowest BCUT2D eigenvalue weighted by molar-refractivity contribution is -0.199. The SMILES string of the molecule is CNc1cc(Oc2c(C)cc(N(OC(=O)C(F)(F)F)C(=O)Nc3cccc(C(F)(F)F)c3)cc2Cl)ncn1. The molecule has 38 heavy (non-hydrogen) atoms. The first-order chi connectivity index (χ1) is 17.7. The van der Waals surface area contributed by atoms with Gasteiger partial charge in [-0.2, -0.15) is 26.3 Å². The Bertz CT molecular complexity index is 1330. The summed E-state index contributed by atoms with van der Waals surface area (Å²) in [5.41, 5.74) is -1.89. The summed E-state index contributed by atoms with van der Waals surface area (Å²) in [6.45, 7) is 1.42. The molecule has 2 N–H and O–H groups in total. The molecule has 3 aromatic rings. The number of hydrogen-bond acceptors (Lipinski definition) is 7. The maximum absolute atomic E-state index is 13.0. The number of aromatic nitrogens is 2. The summed E-state index contributed by atoms with van der Waals surface area (Å²) in [7, 11) is 1.60. The second-order valence-corrected chi connectivity index (χ2v) is 7.75. The van der Waals surface area contributed by atoms with Crippen LogP contribution in [0.1, 0.15) is 11.1 Å². The highest BCUT2D eigenvalue weighted by atomic mass is 35.5. The van der Waals surface area contributed by atoms with E-state index in [1.54, 1.807) is 7.05 Å². The number of ether oxygens (including phenoxy) is 1. The molecule has 2 amide bonds. The molecule has 1 aromatic heterocycles. The van der Waals surface area contributed by atoms with Gasteiger partial charge >= 0.3 is 24.4 Å². The third-order valence-corrected chi connectivity index (χ3v) is 4.87. The minimum Gasteiger partial charge on any atom is -0.437 e. The molecule has 0 radical (unpaired) electrons. The number of hydroxylamine groups is 1. The number of carbonyl (C=O) groups excluding carboxylic acids is 2. The molecule has 2 aromatic carbocycles. The number of benzene rings is 2. The van der Waals surface area contributed by atoms with Gasteiger partial charge in [-0.05, 0) is 42.8 Å². The fraction of sp³-hybridized carbons (Fsp3) is 0.182. The van der Waals surface area contributed by atoms with Crippen LogP contribution in [0, 0.1) is 6.92 Å². The van der Waals surface area contributed by atoms with Crippen molar-refractivity contribution >= 4 is 40.8 Å². The molecule has 0 fully saturated rings. The monoisotopic (exact) mass is 563 g/mol. The molecule has 16 heteroatoms. The Morgan fingerprint density at radius 2 is 1.74 bits per heavy atom. The van der Waals surface area contributed by atoms with Crippen LogP contribution in [-0.2, 0) is 15.8 Å². The van der Waals surface area contributed by atoms with Gasteiger partial charge in [0, 0.05) is 18.8 Å². The van der Waals surface area contributed by atoms with E-state index in [0.717, 1.165) is 30.3 Å². The molecule has 0 spiro atoms. The number of alkyl halides is 6. The predicted octanol–water partition coefficient (Wildman–Crippen LogP) is 6.35. The number of nitrogens with zero attached hydrogens (tertiary/aromatic N) is 3. The van der Waals surface area contributed by atoms with E-state index in [1.165, 1.54) is 19.3 Å². The first kappa shape index (κ1) is 28.3. The Kier molecular flexibility index (Phi) is 8.19. The van der Waals surface area contributed by atoms with Crippen LogP contribution in [0.2, 0.25) is 5.02 Å². The molecule has 1 heterocycles. The normalized spacial score (nSPS) is 11.5. The summed E-state index contributed by atoms with van der Waals surface area (Å²) < 4.78 is 83.3. The molecule has 0 aliphatic carbocycles. The van der Waals surface area contributed by atoms with Crippen molar-refractivity contribution in [3.05, 3.63) is 64.9 Å². The first-order valence-electron chi connectivity index (χ1n) is 10.2. The molecule has 0 aliphatic heterocycles. The van der Waals surface area contributed by atoms with Gasteiger partial charge in [0.1, 0.15) is 12.1 Å². The van der Waals surface area contributed by atoms with Crippen molar-refractivity contribution in [2.24, 2.45) is 0 Å². The summed E-state index contributed by atoms with van der Waals surface area (Å²) in [4.78, 5) is 36.4. The van der Waals surface area contributed by atoms with Gasteiger partial charge in [0.05, 0.1) is 16.3 Å². The molecular weight excluding hydrogens is 548 g/mol. The topological polar surface area (TPSA) is 106 Å². The second kappa shape index (κ2) is 11.0. The number of carbonyl (C=O) groups is 2. The highest BCUT2D eigenvalue weighted by molar-refractivity contribution is 6.32. The highest BCUT2D eigenvalue weighted by Gasteiger charge is 2.44. The summed E-state index contributed by atoms with van der Waals surface area (Å²) in [5, 5.41) is 4.40. The first-order valence-corrected chi connectivity index (χ1v) is 10.6. The molecule has 0 aliphatic rings. The summed E-state index contributed by atoms with van der Waals surface area (Å²) >= 11 is 6.23. The Morgan fingerprint density at radius 1 is 1.03 bits per heavy atom. The van der Waals surface area contributed by atoms with Crippen LogP contribution in [-0.4, -0.2) is 35.2 Å². The minimum atomic E-state index is -5.51. The zero-order valence-corrected chi connectivity index (χ0v) is 20.0. The second-order valence-electron chi connectivity index (χ2n) is 7.35. The number of halogens is 7. The van der Waals surface area contributed by atoms with E-state index >= 15 is 0 Å². The minimum absolute atomic E-state index is 0.00319. The number of amides is 2. The average Bonchev–Trinajstić information content (AvgIpc) is 2.83. The van der Waals surface area contributed by atoms with Crippen molar-refractivity contribution in [2.75, 3.05) is 22.7 Å². The van der Waals surface area contributed by atoms with E-state index in [1.807, 2.05) is 5.32 Å². The molecule has 0 saturated carbocycles. The van der Waals surface area contributed by atoms with Crippen LogP contribution >= 0.6 is 11.6 Å². The van der Waals surface area contributed by atoms with Gasteiger partial charge in [0.25, 0.3) is 0 Å². The third-order valence-electron chi connectivity index (χ3n) is 4.58. The van der Waals surface area contributed by atoms with Gasteiger partial charge in [0.15, 0.2) is 5.75 Å². The number of nitrogens with one attached hydrogen (secondary N) is 2. The number of aryl methyl sites for hydroxylation is 1. The van der Waals surface area contributed by atoms with E-state index in [9.17, 15) is 35.9 Å². The predicted molar refractivity (Wildman–Crippen MR) is 123 cm³/mol. The van der Waals surface area contributed by atoms with Crippen LogP contribution in [0.15, 0.2) is 48.8 Å². The number of rotatable bonds is 5. The lowest BCUT2D eigenvalue weighted by Crippen LogP contribution is -2.41. The average molecular weight is 564 g/mol. The van der Waals surface area contributed by atoms with Crippen molar-refractivity contribution in [3.8, 4) is 11.6 Å². The van der Waals surface area contributed by atoms with Crippen molar-refractivity contribution in [1.29, 1.82) is 0 Å². The van der Waals surface area contributed by atoms with Crippen LogP contribution in [0.25, 0.3) is 0 Å². The molecule has 0 bridgehead atoms. The highest BCUT2D eigenvalue weighted by Crippen LogP contribution is 2.37.